The lowest BCUT2D eigenvalue weighted by Crippen LogP contribution is -2.04. The Labute approximate surface area is 115 Å². The van der Waals surface area contributed by atoms with E-state index in [2.05, 4.69) is 13.8 Å². The molecular formula is C14H26O5. The summed E-state index contributed by atoms with van der Waals surface area (Å²) >= 11 is 0. The van der Waals surface area contributed by atoms with Crippen molar-refractivity contribution >= 4 is 11.9 Å². The van der Waals surface area contributed by atoms with Crippen LogP contribution in [0.1, 0.15) is 58.8 Å². The summed E-state index contributed by atoms with van der Waals surface area (Å²) in [7, 11) is 0. The molecule has 1 atom stereocenters. The molecule has 0 saturated carbocycles. The number of rotatable bonds is 9. The summed E-state index contributed by atoms with van der Waals surface area (Å²) in [4.78, 5) is 19.1. The Hall–Kier alpha value is -1.36. The van der Waals surface area contributed by atoms with Crippen molar-refractivity contribution in [1.82, 2.24) is 0 Å². The first-order valence-corrected chi connectivity index (χ1v) is 6.76. The standard InChI is InChI=1S/C10H22O.C4H4O4/c1-3-5-6-7-9-10(11)8-4-2;5-3(6)1-2-4(7)8/h10-11H,3-9H2,1-2H3;1-2H,(H,5,6)(H,7,8)/b;2-1+. The van der Waals surface area contributed by atoms with Crippen molar-refractivity contribution in [1.29, 1.82) is 0 Å². The molecule has 0 aliphatic carbocycles. The van der Waals surface area contributed by atoms with Gasteiger partial charge in [-0.15, -0.1) is 0 Å². The predicted octanol–water partition coefficient (Wildman–Crippen LogP) is 2.83. The molecule has 0 saturated heterocycles. The Kier molecular flexibility index (Phi) is 15.4. The minimum absolute atomic E-state index is 0.0307. The van der Waals surface area contributed by atoms with Gasteiger partial charge in [-0.05, 0) is 12.8 Å². The summed E-state index contributed by atoms with van der Waals surface area (Å²) in [6.45, 7) is 4.33. The van der Waals surface area contributed by atoms with Gasteiger partial charge >= 0.3 is 11.9 Å². The molecule has 0 rings (SSSR count). The third-order valence-corrected chi connectivity index (χ3v) is 2.38. The average molecular weight is 274 g/mol. The second kappa shape index (κ2) is 14.7. The van der Waals surface area contributed by atoms with Crippen LogP contribution in [0.3, 0.4) is 0 Å². The second-order valence-corrected chi connectivity index (χ2v) is 4.30. The molecule has 0 radical (unpaired) electrons. The number of unbranched alkanes of at least 4 members (excludes halogenated alkanes) is 3. The first-order chi connectivity index (χ1) is 8.93. The number of hydrogen-bond acceptors (Lipinski definition) is 3. The lowest BCUT2D eigenvalue weighted by atomic mass is 10.1. The Morgan fingerprint density at radius 2 is 1.42 bits per heavy atom. The second-order valence-electron chi connectivity index (χ2n) is 4.30. The van der Waals surface area contributed by atoms with E-state index in [0.717, 1.165) is 19.3 Å². The number of aliphatic hydroxyl groups excluding tert-OH is 1. The van der Waals surface area contributed by atoms with Crippen LogP contribution in [0.4, 0.5) is 0 Å². The maximum absolute atomic E-state index is 9.55. The molecule has 0 spiro atoms. The van der Waals surface area contributed by atoms with Gasteiger partial charge in [-0.1, -0.05) is 46.0 Å². The number of aliphatic hydroxyl groups is 1. The summed E-state index contributed by atoms with van der Waals surface area (Å²) in [6, 6.07) is 0. The molecule has 0 aromatic carbocycles. The van der Waals surface area contributed by atoms with Gasteiger partial charge in [-0.25, -0.2) is 9.59 Å². The Morgan fingerprint density at radius 1 is 0.895 bits per heavy atom. The summed E-state index contributed by atoms with van der Waals surface area (Å²) in [5.74, 6) is -2.51. The van der Waals surface area contributed by atoms with Gasteiger partial charge in [0, 0.05) is 12.2 Å². The summed E-state index contributed by atoms with van der Waals surface area (Å²) < 4.78 is 0. The monoisotopic (exact) mass is 274 g/mol. The van der Waals surface area contributed by atoms with Crippen LogP contribution in [0.15, 0.2) is 12.2 Å². The minimum Gasteiger partial charge on any atom is -0.478 e. The van der Waals surface area contributed by atoms with E-state index >= 15 is 0 Å². The number of carbonyl (C=O) groups is 2. The van der Waals surface area contributed by atoms with Crippen LogP contribution in [0, 0.1) is 0 Å². The zero-order valence-electron chi connectivity index (χ0n) is 11.8. The molecular weight excluding hydrogens is 248 g/mol. The molecule has 5 heteroatoms. The van der Waals surface area contributed by atoms with Gasteiger partial charge < -0.3 is 15.3 Å². The molecule has 0 aliphatic rings. The fourth-order valence-corrected chi connectivity index (χ4v) is 1.43. The van der Waals surface area contributed by atoms with E-state index < -0.39 is 11.9 Å². The summed E-state index contributed by atoms with van der Waals surface area (Å²) in [6.07, 6.45) is 9.27. The van der Waals surface area contributed by atoms with E-state index in [1.807, 2.05) is 0 Å². The topological polar surface area (TPSA) is 94.8 Å². The molecule has 19 heavy (non-hydrogen) atoms. The van der Waals surface area contributed by atoms with Crippen molar-refractivity contribution in [3.63, 3.8) is 0 Å². The van der Waals surface area contributed by atoms with Crippen LogP contribution >= 0.6 is 0 Å². The normalized spacial score (nSPS) is 11.7. The van der Waals surface area contributed by atoms with Crippen molar-refractivity contribution in [2.45, 2.75) is 64.9 Å². The molecule has 112 valence electrons. The van der Waals surface area contributed by atoms with E-state index in [1.165, 1.54) is 25.7 Å². The van der Waals surface area contributed by atoms with Gasteiger partial charge in [0.1, 0.15) is 0 Å². The maximum atomic E-state index is 9.55. The summed E-state index contributed by atoms with van der Waals surface area (Å²) in [5, 5.41) is 25.0. The highest BCUT2D eigenvalue weighted by Gasteiger charge is 2.00. The lowest BCUT2D eigenvalue weighted by molar-refractivity contribution is -0.134. The number of aliphatic carboxylic acids is 2. The van der Waals surface area contributed by atoms with E-state index in [9.17, 15) is 14.7 Å². The zero-order chi connectivity index (χ0) is 15.1. The molecule has 0 bridgehead atoms. The van der Waals surface area contributed by atoms with Crippen molar-refractivity contribution < 1.29 is 24.9 Å². The van der Waals surface area contributed by atoms with Crippen LogP contribution in [-0.4, -0.2) is 33.4 Å². The minimum atomic E-state index is -1.26. The Balaban J connectivity index is 0. The van der Waals surface area contributed by atoms with Gasteiger partial charge in [-0.2, -0.15) is 0 Å². The highest BCUT2D eigenvalue weighted by Crippen LogP contribution is 2.08. The average Bonchev–Trinajstić information content (AvgIpc) is 2.33. The largest absolute Gasteiger partial charge is 0.478 e. The molecule has 0 heterocycles. The van der Waals surface area contributed by atoms with E-state index in [-0.39, 0.29) is 6.10 Å². The molecule has 0 aromatic rings. The van der Waals surface area contributed by atoms with Gasteiger partial charge in [0.25, 0.3) is 0 Å². The smallest absolute Gasteiger partial charge is 0.328 e. The molecule has 0 fully saturated rings. The first-order valence-electron chi connectivity index (χ1n) is 6.76. The van der Waals surface area contributed by atoms with Crippen molar-refractivity contribution in [3.8, 4) is 0 Å². The van der Waals surface area contributed by atoms with Crippen LogP contribution in [-0.2, 0) is 9.59 Å². The van der Waals surface area contributed by atoms with E-state index in [1.54, 1.807) is 0 Å². The van der Waals surface area contributed by atoms with Gasteiger partial charge in [0.15, 0.2) is 0 Å². The number of hydrogen-bond donors (Lipinski definition) is 3. The SMILES string of the molecule is CCCCCCC(O)CCC.O=C(O)/C=C/C(=O)O. The predicted molar refractivity (Wildman–Crippen MR) is 74.1 cm³/mol. The van der Waals surface area contributed by atoms with Crippen LogP contribution in [0.2, 0.25) is 0 Å². The lowest BCUT2D eigenvalue weighted by Gasteiger charge is -2.07. The van der Waals surface area contributed by atoms with Gasteiger partial charge in [0.05, 0.1) is 6.10 Å². The molecule has 0 amide bonds. The number of carboxylic acids is 2. The number of carboxylic acid groups (broad SMARTS) is 2. The Morgan fingerprint density at radius 3 is 1.79 bits per heavy atom. The van der Waals surface area contributed by atoms with Crippen LogP contribution in [0.5, 0.6) is 0 Å². The van der Waals surface area contributed by atoms with Crippen molar-refractivity contribution in [2.24, 2.45) is 0 Å². The molecule has 1 unspecified atom stereocenters. The molecule has 5 nitrogen and oxygen atoms in total. The first kappa shape index (κ1) is 20.0. The fraction of sp³-hybridized carbons (Fsp3) is 0.714. The third kappa shape index (κ3) is 22.3. The molecule has 0 aromatic heterocycles. The van der Waals surface area contributed by atoms with E-state index in [0.29, 0.717) is 12.2 Å². The highest BCUT2D eigenvalue weighted by atomic mass is 16.4. The quantitative estimate of drug-likeness (QED) is 0.444. The Bertz CT molecular complexity index is 245. The van der Waals surface area contributed by atoms with Crippen molar-refractivity contribution in [3.05, 3.63) is 12.2 Å². The highest BCUT2D eigenvalue weighted by molar-refractivity contribution is 5.89. The fourth-order valence-electron chi connectivity index (χ4n) is 1.43. The van der Waals surface area contributed by atoms with E-state index in [4.69, 9.17) is 10.2 Å². The third-order valence-electron chi connectivity index (χ3n) is 2.38. The zero-order valence-corrected chi connectivity index (χ0v) is 11.8. The molecule has 3 N–H and O–H groups in total. The van der Waals surface area contributed by atoms with Gasteiger partial charge in [0.2, 0.25) is 0 Å². The van der Waals surface area contributed by atoms with Gasteiger partial charge in [-0.3, -0.25) is 0 Å². The summed E-state index contributed by atoms with van der Waals surface area (Å²) in [5.41, 5.74) is 0. The van der Waals surface area contributed by atoms with Crippen LogP contribution in [0.25, 0.3) is 0 Å². The van der Waals surface area contributed by atoms with Crippen LogP contribution < -0.4 is 0 Å². The molecule has 0 aliphatic heterocycles. The maximum Gasteiger partial charge on any atom is 0.328 e. The van der Waals surface area contributed by atoms with Crippen molar-refractivity contribution in [2.75, 3.05) is 0 Å².